The molecule has 0 aliphatic rings. The predicted octanol–water partition coefficient (Wildman–Crippen LogP) is 5.45. The molecule has 2 heterocycles. The van der Waals surface area contributed by atoms with E-state index in [1.54, 1.807) is 6.20 Å². The van der Waals surface area contributed by atoms with E-state index >= 15 is 0 Å². The summed E-state index contributed by atoms with van der Waals surface area (Å²) in [5.74, 6) is 0. The van der Waals surface area contributed by atoms with Crippen molar-refractivity contribution in [2.24, 2.45) is 9.39 Å². The topological polar surface area (TPSA) is 62.5 Å². The lowest BCUT2D eigenvalue weighted by Gasteiger charge is -2.07. The first-order valence-corrected chi connectivity index (χ1v) is 10.8. The molecule has 4 rings (SSSR count). The standard InChI is InChI=1S/C25H23N5S/c1-18-14-21(11-13-28-18)20-7-5-19(6-8-20)16-27-17-30-25(31-26-2)23-9-10-24-22(15-23)4-3-12-29-24/h3-15,27H,2,16-17H2,1H3. The van der Waals surface area contributed by atoms with Gasteiger partial charge in [-0.25, -0.2) is 4.40 Å². The van der Waals surface area contributed by atoms with Crippen LogP contribution in [0.5, 0.6) is 0 Å². The summed E-state index contributed by atoms with van der Waals surface area (Å²) in [4.78, 5) is 13.3. The van der Waals surface area contributed by atoms with Crippen molar-refractivity contribution < 1.29 is 0 Å². The van der Waals surface area contributed by atoms with Gasteiger partial charge in [0.2, 0.25) is 0 Å². The number of aliphatic imine (C=N–C) groups is 1. The van der Waals surface area contributed by atoms with Crippen molar-refractivity contribution in [2.45, 2.75) is 13.5 Å². The molecule has 0 atom stereocenters. The van der Waals surface area contributed by atoms with E-state index in [0.717, 1.165) is 33.7 Å². The molecule has 4 aromatic rings. The first-order chi connectivity index (χ1) is 15.2. The molecule has 0 fully saturated rings. The summed E-state index contributed by atoms with van der Waals surface area (Å²) in [5, 5.41) is 5.29. The van der Waals surface area contributed by atoms with Crippen LogP contribution in [0.25, 0.3) is 22.0 Å². The smallest absolute Gasteiger partial charge is 0.122 e. The molecule has 5 nitrogen and oxygen atoms in total. The third-order valence-electron chi connectivity index (χ3n) is 4.85. The van der Waals surface area contributed by atoms with E-state index in [0.29, 0.717) is 6.67 Å². The SMILES string of the molecule is C=NSC(=NCNCc1ccc(-c2ccnc(C)c2)cc1)c1ccc2ncccc2c1. The molecule has 0 radical (unpaired) electrons. The van der Waals surface area contributed by atoms with Gasteiger partial charge >= 0.3 is 0 Å². The molecule has 0 aliphatic heterocycles. The van der Waals surface area contributed by atoms with Gasteiger partial charge in [0.05, 0.1) is 12.2 Å². The number of nitrogens with zero attached hydrogens (tertiary/aromatic N) is 4. The number of hydrogen-bond donors (Lipinski definition) is 1. The monoisotopic (exact) mass is 425 g/mol. The predicted molar refractivity (Wildman–Crippen MR) is 132 cm³/mol. The minimum atomic E-state index is 0.494. The third-order valence-corrected chi connectivity index (χ3v) is 5.52. The normalized spacial score (nSPS) is 11.6. The highest BCUT2D eigenvalue weighted by atomic mass is 32.2. The van der Waals surface area contributed by atoms with E-state index in [-0.39, 0.29) is 0 Å². The second-order valence-electron chi connectivity index (χ2n) is 7.06. The maximum Gasteiger partial charge on any atom is 0.122 e. The lowest BCUT2D eigenvalue weighted by molar-refractivity contribution is 0.712. The van der Waals surface area contributed by atoms with Gasteiger partial charge in [0.15, 0.2) is 0 Å². The lowest BCUT2D eigenvalue weighted by atomic mass is 10.0. The van der Waals surface area contributed by atoms with Crippen LogP contribution in [0.4, 0.5) is 0 Å². The Morgan fingerprint density at radius 1 is 0.968 bits per heavy atom. The highest BCUT2D eigenvalue weighted by Crippen LogP contribution is 2.21. The van der Waals surface area contributed by atoms with E-state index in [1.165, 1.54) is 28.6 Å². The first kappa shape index (κ1) is 20.9. The second kappa shape index (κ2) is 10.1. The maximum absolute atomic E-state index is 4.69. The molecule has 0 aliphatic carbocycles. The summed E-state index contributed by atoms with van der Waals surface area (Å²) in [6.07, 6.45) is 3.64. The van der Waals surface area contributed by atoms with Crippen LogP contribution in [0.3, 0.4) is 0 Å². The minimum absolute atomic E-state index is 0.494. The first-order valence-electron chi connectivity index (χ1n) is 9.98. The molecule has 2 aromatic carbocycles. The summed E-state index contributed by atoms with van der Waals surface area (Å²) in [6, 6.07) is 22.8. The molecule has 0 saturated carbocycles. The molecular formula is C25H23N5S. The fraction of sp³-hybridized carbons (Fsp3) is 0.120. The molecule has 0 amide bonds. The van der Waals surface area contributed by atoms with Gasteiger partial charge in [-0.15, -0.1) is 0 Å². The lowest BCUT2D eigenvalue weighted by Crippen LogP contribution is -2.14. The van der Waals surface area contributed by atoms with Crippen LogP contribution in [-0.2, 0) is 6.54 Å². The second-order valence-corrected chi connectivity index (χ2v) is 7.89. The van der Waals surface area contributed by atoms with Crippen LogP contribution in [-0.4, -0.2) is 28.4 Å². The Labute approximate surface area is 186 Å². The largest absolute Gasteiger partial charge is 0.294 e. The summed E-state index contributed by atoms with van der Waals surface area (Å²) in [5.41, 5.74) is 6.57. The summed E-state index contributed by atoms with van der Waals surface area (Å²) >= 11 is 1.28. The Kier molecular flexibility index (Phi) is 6.82. The Morgan fingerprint density at radius 3 is 2.65 bits per heavy atom. The molecule has 0 saturated heterocycles. The number of hydrogen-bond acceptors (Lipinski definition) is 6. The molecular weight excluding hydrogens is 402 g/mol. The van der Waals surface area contributed by atoms with Crippen molar-refractivity contribution in [1.82, 2.24) is 15.3 Å². The zero-order valence-corrected chi connectivity index (χ0v) is 18.1. The third kappa shape index (κ3) is 5.42. The Morgan fingerprint density at radius 2 is 1.84 bits per heavy atom. The maximum atomic E-state index is 4.69. The van der Waals surface area contributed by atoms with Gasteiger partial charge in [0, 0.05) is 47.5 Å². The summed E-state index contributed by atoms with van der Waals surface area (Å²) in [6.45, 7) is 6.83. The average Bonchev–Trinajstić information content (AvgIpc) is 2.81. The fourth-order valence-corrected chi connectivity index (χ4v) is 3.79. The molecule has 6 heteroatoms. The highest BCUT2D eigenvalue weighted by molar-refractivity contribution is 8.13. The van der Waals surface area contributed by atoms with Crippen molar-refractivity contribution in [3.63, 3.8) is 0 Å². The molecule has 0 bridgehead atoms. The van der Waals surface area contributed by atoms with E-state index in [4.69, 9.17) is 0 Å². The number of aryl methyl sites for hydroxylation is 1. The van der Waals surface area contributed by atoms with Crippen LogP contribution in [0.1, 0.15) is 16.8 Å². The number of benzene rings is 2. The summed E-state index contributed by atoms with van der Waals surface area (Å²) in [7, 11) is 0. The van der Waals surface area contributed by atoms with Crippen molar-refractivity contribution in [1.29, 1.82) is 0 Å². The van der Waals surface area contributed by atoms with Crippen LogP contribution in [0.15, 0.2) is 88.5 Å². The fourth-order valence-electron chi connectivity index (χ4n) is 3.31. The quantitative estimate of drug-likeness (QED) is 0.185. The number of nitrogens with one attached hydrogen (secondary N) is 1. The van der Waals surface area contributed by atoms with Gasteiger partial charge in [0.1, 0.15) is 5.04 Å². The van der Waals surface area contributed by atoms with E-state index < -0.39 is 0 Å². The molecule has 154 valence electrons. The number of fused-ring (bicyclic) bond motifs is 1. The molecule has 1 N–H and O–H groups in total. The van der Waals surface area contributed by atoms with Crippen molar-refractivity contribution >= 4 is 34.6 Å². The van der Waals surface area contributed by atoms with E-state index in [9.17, 15) is 0 Å². The van der Waals surface area contributed by atoms with Crippen LogP contribution in [0.2, 0.25) is 0 Å². The zero-order valence-electron chi connectivity index (χ0n) is 17.3. The van der Waals surface area contributed by atoms with Gasteiger partial charge in [-0.05, 0) is 60.7 Å². The van der Waals surface area contributed by atoms with Gasteiger partial charge in [-0.3, -0.25) is 20.3 Å². The van der Waals surface area contributed by atoms with Gasteiger partial charge < -0.3 is 0 Å². The van der Waals surface area contributed by atoms with Crippen LogP contribution < -0.4 is 5.32 Å². The van der Waals surface area contributed by atoms with Gasteiger partial charge in [-0.1, -0.05) is 36.4 Å². The van der Waals surface area contributed by atoms with Crippen LogP contribution in [0, 0.1) is 6.92 Å². The Balaban J connectivity index is 1.39. The zero-order chi connectivity index (χ0) is 21.5. The number of rotatable bonds is 7. The molecule has 2 aromatic heterocycles. The minimum Gasteiger partial charge on any atom is -0.294 e. The van der Waals surface area contributed by atoms with Crippen molar-refractivity contribution in [3.05, 3.63) is 95.9 Å². The van der Waals surface area contributed by atoms with E-state index in [2.05, 4.69) is 67.8 Å². The van der Waals surface area contributed by atoms with Crippen molar-refractivity contribution in [3.8, 4) is 11.1 Å². The Bertz CT molecular complexity index is 1220. The summed E-state index contributed by atoms with van der Waals surface area (Å²) < 4.78 is 3.96. The van der Waals surface area contributed by atoms with Crippen molar-refractivity contribution in [2.75, 3.05) is 6.67 Å². The van der Waals surface area contributed by atoms with Gasteiger partial charge in [-0.2, -0.15) is 0 Å². The van der Waals surface area contributed by atoms with E-state index in [1.807, 2.05) is 43.5 Å². The Hall–Kier alpha value is -3.35. The molecule has 0 spiro atoms. The van der Waals surface area contributed by atoms with Crippen LogP contribution >= 0.6 is 11.9 Å². The average molecular weight is 426 g/mol. The number of pyridine rings is 2. The highest BCUT2D eigenvalue weighted by Gasteiger charge is 2.06. The van der Waals surface area contributed by atoms with Gasteiger partial charge in [0.25, 0.3) is 0 Å². The molecule has 31 heavy (non-hydrogen) atoms. The number of aromatic nitrogens is 2. The molecule has 0 unspecified atom stereocenters.